The van der Waals surface area contributed by atoms with E-state index in [0.29, 0.717) is 28.9 Å². The predicted octanol–water partition coefficient (Wildman–Crippen LogP) is 4.89. The van der Waals surface area contributed by atoms with Crippen LogP contribution in [0, 0.1) is 11.6 Å². The second kappa shape index (κ2) is 17.9. The number of anilines is 2. The summed E-state index contributed by atoms with van der Waals surface area (Å²) >= 11 is 0. The lowest BCUT2D eigenvalue weighted by Gasteiger charge is -2.28. The summed E-state index contributed by atoms with van der Waals surface area (Å²) in [6, 6.07) is 16.1. The van der Waals surface area contributed by atoms with E-state index in [2.05, 4.69) is 28.8 Å². The maximum absolute atomic E-state index is 14.2. The molecule has 4 rings (SSSR count). The predicted molar refractivity (Wildman–Crippen MR) is 189 cm³/mol. The Labute approximate surface area is 294 Å². The van der Waals surface area contributed by atoms with Gasteiger partial charge in [-0.25, -0.2) is 8.78 Å². The lowest BCUT2D eigenvalue weighted by atomic mass is 10.0. The minimum Gasteiger partial charge on any atom is -0.497 e. The molecule has 0 radical (unpaired) electrons. The maximum Gasteiger partial charge on any atom is 0.254 e. The topological polar surface area (TPSA) is 130 Å². The van der Waals surface area contributed by atoms with Crippen molar-refractivity contribution in [2.24, 2.45) is 0 Å². The summed E-state index contributed by atoms with van der Waals surface area (Å²) in [4.78, 5) is 61.2. The van der Waals surface area contributed by atoms with Crippen LogP contribution in [-0.4, -0.2) is 68.5 Å². The number of rotatable bonds is 16. The Morgan fingerprint density at radius 2 is 1.33 bits per heavy atom. The Bertz CT molecular complexity index is 1860. The average Bonchev–Trinajstić information content (AvgIpc) is 3.14. The van der Waals surface area contributed by atoms with E-state index in [-0.39, 0.29) is 36.2 Å². The fraction of sp³-hybridized carbons (Fsp3) is 0.184. The van der Waals surface area contributed by atoms with Crippen LogP contribution in [0.3, 0.4) is 0 Å². The van der Waals surface area contributed by atoms with Crippen LogP contribution in [0.5, 0.6) is 11.5 Å². The number of hydrogen-bond acceptors (Lipinski definition) is 7. The van der Waals surface area contributed by atoms with E-state index in [1.807, 2.05) is 0 Å². The highest BCUT2D eigenvalue weighted by atomic mass is 19.1. The van der Waals surface area contributed by atoms with E-state index in [9.17, 15) is 28.0 Å². The minimum absolute atomic E-state index is 0.0308. The number of benzene rings is 3. The lowest BCUT2D eigenvalue weighted by Crippen LogP contribution is -2.50. The van der Waals surface area contributed by atoms with Crippen LogP contribution < -0.4 is 29.9 Å². The van der Waals surface area contributed by atoms with E-state index >= 15 is 0 Å². The average molecular weight is 698 g/mol. The van der Waals surface area contributed by atoms with E-state index in [4.69, 9.17) is 9.47 Å². The molecule has 4 amide bonds. The number of ether oxygens (including phenoxy) is 2. The summed E-state index contributed by atoms with van der Waals surface area (Å²) in [6.07, 6.45) is 5.16. The van der Waals surface area contributed by atoms with Gasteiger partial charge in [-0.3, -0.25) is 24.2 Å². The van der Waals surface area contributed by atoms with Crippen LogP contribution in [-0.2, 0) is 16.0 Å². The first kappa shape index (κ1) is 37.4. The first-order valence-electron chi connectivity index (χ1n) is 15.7. The molecule has 0 saturated carbocycles. The molecule has 1 atom stereocenters. The van der Waals surface area contributed by atoms with Gasteiger partial charge in [-0.2, -0.15) is 0 Å². The highest BCUT2D eigenvalue weighted by Crippen LogP contribution is 2.22. The first-order chi connectivity index (χ1) is 24.6. The van der Waals surface area contributed by atoms with Gasteiger partial charge in [0, 0.05) is 49.3 Å². The molecule has 0 bridgehead atoms. The van der Waals surface area contributed by atoms with Crippen molar-refractivity contribution < 1.29 is 37.4 Å². The molecule has 2 N–H and O–H groups in total. The highest BCUT2D eigenvalue weighted by Gasteiger charge is 2.29. The summed E-state index contributed by atoms with van der Waals surface area (Å²) < 4.78 is 38.7. The second-order valence-corrected chi connectivity index (χ2v) is 11.0. The molecular formula is C38H37F2N5O6. The van der Waals surface area contributed by atoms with Gasteiger partial charge >= 0.3 is 0 Å². The van der Waals surface area contributed by atoms with Crippen LogP contribution >= 0.6 is 0 Å². The maximum atomic E-state index is 14.2. The number of halogens is 2. The third-order valence-electron chi connectivity index (χ3n) is 7.63. The fourth-order valence-corrected chi connectivity index (χ4v) is 5.17. The van der Waals surface area contributed by atoms with Crippen molar-refractivity contribution in [3.8, 4) is 11.5 Å². The molecule has 0 saturated heterocycles. The Hall–Kier alpha value is -6.37. The summed E-state index contributed by atoms with van der Waals surface area (Å²) in [7, 11) is 3.02. The molecule has 51 heavy (non-hydrogen) atoms. The monoisotopic (exact) mass is 697 g/mol. The molecular weight excluding hydrogens is 660 g/mol. The molecule has 0 spiro atoms. The molecule has 0 unspecified atom stereocenters. The van der Waals surface area contributed by atoms with Crippen molar-refractivity contribution in [3.05, 3.63) is 139 Å². The standard InChI is InChI=1S/C38H37F2N5O6/c1-5-17-44(28-7-11-30(50-3)12-8-28)35(46)24-42-36(47)32-15-16-41-23-33(32)37(48)43-34(21-25-19-26(39)22-27(40)20-25)38(49)45(18-6-2)29-9-13-31(51-4)14-10-29/h5-16,19-20,22-23,34H,1-2,17-18,21,24H2,3-4H3,(H,42,47)(H,43,48)/t34-/m0/s1. The number of methoxy groups -OCH3 is 2. The fourth-order valence-electron chi connectivity index (χ4n) is 5.17. The molecule has 0 fully saturated rings. The Morgan fingerprint density at radius 3 is 1.88 bits per heavy atom. The Balaban J connectivity index is 1.58. The zero-order chi connectivity index (χ0) is 36.9. The van der Waals surface area contributed by atoms with Crippen molar-refractivity contribution in [2.45, 2.75) is 12.5 Å². The van der Waals surface area contributed by atoms with Gasteiger partial charge in [-0.1, -0.05) is 12.2 Å². The van der Waals surface area contributed by atoms with E-state index in [0.717, 1.165) is 18.3 Å². The van der Waals surface area contributed by atoms with Gasteiger partial charge in [0.15, 0.2) is 0 Å². The van der Waals surface area contributed by atoms with Crippen LogP contribution in [0.4, 0.5) is 20.2 Å². The smallest absolute Gasteiger partial charge is 0.254 e. The molecule has 1 aromatic heterocycles. The summed E-state index contributed by atoms with van der Waals surface area (Å²) in [5.74, 6) is -3.28. The van der Waals surface area contributed by atoms with Crippen molar-refractivity contribution in [1.82, 2.24) is 15.6 Å². The molecule has 4 aromatic rings. The molecule has 0 aliphatic rings. The van der Waals surface area contributed by atoms with Gasteiger partial charge in [0.1, 0.15) is 29.2 Å². The zero-order valence-electron chi connectivity index (χ0n) is 28.1. The van der Waals surface area contributed by atoms with Crippen LogP contribution in [0.25, 0.3) is 0 Å². The summed E-state index contributed by atoms with van der Waals surface area (Å²) in [5.41, 5.74) is 0.757. The second-order valence-electron chi connectivity index (χ2n) is 11.0. The van der Waals surface area contributed by atoms with Crippen LogP contribution in [0.15, 0.2) is 111 Å². The van der Waals surface area contributed by atoms with Crippen molar-refractivity contribution >= 4 is 35.0 Å². The van der Waals surface area contributed by atoms with Gasteiger partial charge in [-0.05, 0) is 72.3 Å². The number of carbonyl (C=O) groups excluding carboxylic acids is 4. The number of carbonyl (C=O) groups is 4. The van der Waals surface area contributed by atoms with Crippen LogP contribution in [0.1, 0.15) is 26.3 Å². The van der Waals surface area contributed by atoms with Crippen molar-refractivity contribution in [1.29, 1.82) is 0 Å². The van der Waals surface area contributed by atoms with Gasteiger partial charge in [0.05, 0.1) is 31.9 Å². The lowest BCUT2D eigenvalue weighted by molar-refractivity contribution is -0.120. The van der Waals surface area contributed by atoms with Gasteiger partial charge < -0.3 is 29.9 Å². The van der Waals surface area contributed by atoms with Crippen molar-refractivity contribution in [3.63, 3.8) is 0 Å². The number of nitrogens with one attached hydrogen (secondary N) is 2. The first-order valence-corrected chi connectivity index (χ1v) is 15.7. The van der Waals surface area contributed by atoms with E-state index < -0.39 is 47.8 Å². The minimum atomic E-state index is -1.37. The zero-order valence-corrected chi connectivity index (χ0v) is 28.1. The number of nitrogens with zero attached hydrogens (tertiary/aromatic N) is 3. The highest BCUT2D eigenvalue weighted by molar-refractivity contribution is 6.10. The van der Waals surface area contributed by atoms with Gasteiger partial charge in [0.2, 0.25) is 11.8 Å². The van der Waals surface area contributed by atoms with E-state index in [1.54, 1.807) is 48.5 Å². The quantitative estimate of drug-likeness (QED) is 0.160. The SMILES string of the molecule is C=CCN(C(=O)CNC(=O)c1ccncc1C(=O)N[C@@H](Cc1cc(F)cc(F)c1)C(=O)N(CC=C)c1ccc(OC)cc1)c1ccc(OC)cc1. The van der Waals surface area contributed by atoms with Gasteiger partial charge in [0.25, 0.3) is 11.8 Å². The summed E-state index contributed by atoms with van der Waals surface area (Å²) in [6.45, 7) is 7.20. The Kier molecular flexibility index (Phi) is 13.1. The Morgan fingerprint density at radius 1 is 0.784 bits per heavy atom. The van der Waals surface area contributed by atoms with Gasteiger partial charge in [-0.15, -0.1) is 13.2 Å². The normalized spacial score (nSPS) is 11.1. The third kappa shape index (κ3) is 9.85. The molecule has 0 aliphatic heterocycles. The molecule has 264 valence electrons. The molecule has 0 aliphatic carbocycles. The number of amides is 4. The molecule has 13 heteroatoms. The number of aromatic nitrogens is 1. The third-order valence-corrected chi connectivity index (χ3v) is 7.63. The summed E-state index contributed by atoms with van der Waals surface area (Å²) in [5, 5.41) is 5.17. The molecule has 1 heterocycles. The largest absolute Gasteiger partial charge is 0.497 e. The van der Waals surface area contributed by atoms with E-state index in [1.165, 1.54) is 48.4 Å². The molecule has 11 nitrogen and oxygen atoms in total. The molecule has 3 aromatic carbocycles. The van der Waals surface area contributed by atoms with Crippen molar-refractivity contribution in [2.75, 3.05) is 43.7 Å². The van der Waals surface area contributed by atoms with Crippen LogP contribution in [0.2, 0.25) is 0 Å². The number of hydrogen-bond donors (Lipinski definition) is 2. The number of pyridine rings is 1.